The van der Waals surface area contributed by atoms with Crippen molar-refractivity contribution in [2.75, 3.05) is 6.61 Å². The van der Waals surface area contributed by atoms with E-state index >= 15 is 0 Å². The van der Waals surface area contributed by atoms with Crippen LogP contribution in [0.15, 0.2) is 28.7 Å². The number of rotatable bonds is 6. The van der Waals surface area contributed by atoms with Crippen LogP contribution < -0.4 is 10.5 Å². The molecule has 5 heteroatoms. The standard InChI is InChI=1S/C15H20BrN3O/c1-11-15(16)12(2)19(18-11)7-4-8-20-14-6-3-5-13(9-14)10-17/h3,5-6,9H,4,7-8,10,17H2,1-2H3. The molecule has 0 atom stereocenters. The molecular weight excluding hydrogens is 318 g/mol. The fourth-order valence-electron chi connectivity index (χ4n) is 2.06. The summed E-state index contributed by atoms with van der Waals surface area (Å²) in [4.78, 5) is 0. The summed E-state index contributed by atoms with van der Waals surface area (Å²) in [5.41, 5.74) is 8.89. The molecule has 0 aliphatic rings. The second-order valence-corrected chi connectivity index (χ2v) is 5.55. The third kappa shape index (κ3) is 3.61. The van der Waals surface area contributed by atoms with E-state index in [1.54, 1.807) is 0 Å². The van der Waals surface area contributed by atoms with Crippen molar-refractivity contribution in [1.29, 1.82) is 0 Å². The van der Waals surface area contributed by atoms with Crippen LogP contribution in [0.3, 0.4) is 0 Å². The summed E-state index contributed by atoms with van der Waals surface area (Å²) >= 11 is 3.54. The van der Waals surface area contributed by atoms with Gasteiger partial charge in [-0.3, -0.25) is 4.68 Å². The Balaban J connectivity index is 1.82. The smallest absolute Gasteiger partial charge is 0.119 e. The molecule has 2 rings (SSSR count). The molecule has 0 unspecified atom stereocenters. The predicted molar refractivity (Wildman–Crippen MR) is 83.8 cm³/mol. The van der Waals surface area contributed by atoms with Crippen LogP contribution in [0.5, 0.6) is 5.75 Å². The lowest BCUT2D eigenvalue weighted by Gasteiger charge is -2.08. The predicted octanol–water partition coefficient (Wildman–Crippen LogP) is 3.19. The van der Waals surface area contributed by atoms with E-state index in [4.69, 9.17) is 10.5 Å². The first-order valence-electron chi connectivity index (χ1n) is 6.73. The van der Waals surface area contributed by atoms with Gasteiger partial charge in [-0.1, -0.05) is 12.1 Å². The van der Waals surface area contributed by atoms with Gasteiger partial charge in [0, 0.05) is 25.2 Å². The SMILES string of the molecule is Cc1nn(CCCOc2cccc(CN)c2)c(C)c1Br. The molecule has 0 spiro atoms. The van der Waals surface area contributed by atoms with E-state index in [9.17, 15) is 0 Å². The molecule has 1 heterocycles. The normalized spacial score (nSPS) is 10.8. The average molecular weight is 338 g/mol. The number of ether oxygens (including phenoxy) is 1. The minimum Gasteiger partial charge on any atom is -0.494 e. The van der Waals surface area contributed by atoms with Gasteiger partial charge in [0.25, 0.3) is 0 Å². The van der Waals surface area contributed by atoms with E-state index in [0.29, 0.717) is 13.2 Å². The Morgan fingerprint density at radius 1 is 1.35 bits per heavy atom. The molecule has 0 aliphatic carbocycles. The number of halogens is 1. The van der Waals surface area contributed by atoms with Gasteiger partial charge >= 0.3 is 0 Å². The van der Waals surface area contributed by atoms with Gasteiger partial charge in [0.1, 0.15) is 5.75 Å². The van der Waals surface area contributed by atoms with Gasteiger partial charge in [-0.25, -0.2) is 0 Å². The molecule has 0 saturated carbocycles. The maximum atomic E-state index is 5.74. The van der Waals surface area contributed by atoms with E-state index in [-0.39, 0.29) is 0 Å². The molecule has 0 bridgehead atoms. The summed E-state index contributed by atoms with van der Waals surface area (Å²) in [7, 11) is 0. The van der Waals surface area contributed by atoms with E-state index in [0.717, 1.165) is 40.1 Å². The van der Waals surface area contributed by atoms with E-state index in [2.05, 4.69) is 28.0 Å². The molecule has 0 radical (unpaired) electrons. The molecule has 2 aromatic rings. The molecule has 108 valence electrons. The van der Waals surface area contributed by atoms with Crippen molar-refractivity contribution in [1.82, 2.24) is 9.78 Å². The Morgan fingerprint density at radius 2 is 2.15 bits per heavy atom. The molecule has 0 amide bonds. The molecule has 0 aliphatic heterocycles. The van der Waals surface area contributed by atoms with Gasteiger partial charge in [0.05, 0.1) is 16.8 Å². The van der Waals surface area contributed by atoms with E-state index < -0.39 is 0 Å². The third-order valence-electron chi connectivity index (χ3n) is 3.21. The lowest BCUT2D eigenvalue weighted by atomic mass is 10.2. The zero-order chi connectivity index (χ0) is 14.5. The van der Waals surface area contributed by atoms with Crippen molar-refractivity contribution in [2.45, 2.75) is 33.4 Å². The molecule has 1 aromatic heterocycles. The highest BCUT2D eigenvalue weighted by Crippen LogP contribution is 2.20. The van der Waals surface area contributed by atoms with Crippen LogP contribution in [0.4, 0.5) is 0 Å². The minimum absolute atomic E-state index is 0.539. The number of aromatic nitrogens is 2. The van der Waals surface area contributed by atoms with Gasteiger partial charge in [0.15, 0.2) is 0 Å². The lowest BCUT2D eigenvalue weighted by molar-refractivity contribution is 0.297. The topological polar surface area (TPSA) is 53.1 Å². The second-order valence-electron chi connectivity index (χ2n) is 4.76. The Kier molecular flexibility index (Phi) is 5.20. The molecule has 0 fully saturated rings. The molecular formula is C15H20BrN3O. The number of aryl methyl sites for hydroxylation is 2. The molecule has 0 saturated heterocycles. The van der Waals surface area contributed by atoms with Crippen LogP contribution in [0.1, 0.15) is 23.4 Å². The average Bonchev–Trinajstić information content (AvgIpc) is 2.71. The summed E-state index contributed by atoms with van der Waals surface area (Å²) < 4.78 is 8.84. The van der Waals surface area contributed by atoms with Crippen LogP contribution in [0.2, 0.25) is 0 Å². The number of benzene rings is 1. The highest BCUT2D eigenvalue weighted by molar-refractivity contribution is 9.10. The summed E-state index contributed by atoms with van der Waals surface area (Å²) in [6.45, 7) is 6.13. The molecule has 2 N–H and O–H groups in total. The highest BCUT2D eigenvalue weighted by atomic mass is 79.9. The summed E-state index contributed by atoms with van der Waals surface area (Å²) in [6, 6.07) is 7.91. The van der Waals surface area contributed by atoms with Crippen molar-refractivity contribution in [2.24, 2.45) is 5.73 Å². The Morgan fingerprint density at radius 3 is 2.80 bits per heavy atom. The van der Waals surface area contributed by atoms with Crippen LogP contribution >= 0.6 is 15.9 Å². The van der Waals surface area contributed by atoms with Crippen molar-refractivity contribution < 1.29 is 4.74 Å². The summed E-state index contributed by atoms with van der Waals surface area (Å²) in [5.74, 6) is 0.877. The van der Waals surface area contributed by atoms with Crippen LogP contribution in [-0.4, -0.2) is 16.4 Å². The van der Waals surface area contributed by atoms with Crippen LogP contribution in [-0.2, 0) is 13.1 Å². The van der Waals surface area contributed by atoms with Gasteiger partial charge in [-0.2, -0.15) is 5.10 Å². The first kappa shape index (κ1) is 15.1. The Hall–Kier alpha value is -1.33. The number of hydrogen-bond acceptors (Lipinski definition) is 3. The van der Waals surface area contributed by atoms with Crippen LogP contribution in [0, 0.1) is 13.8 Å². The zero-order valence-electron chi connectivity index (χ0n) is 11.9. The quantitative estimate of drug-likeness (QED) is 0.823. The van der Waals surface area contributed by atoms with Gasteiger partial charge in [-0.05, 0) is 47.5 Å². The van der Waals surface area contributed by atoms with Crippen LogP contribution in [0.25, 0.3) is 0 Å². The molecule has 4 nitrogen and oxygen atoms in total. The van der Waals surface area contributed by atoms with E-state index in [1.807, 2.05) is 35.9 Å². The largest absolute Gasteiger partial charge is 0.494 e. The van der Waals surface area contributed by atoms with Crippen molar-refractivity contribution in [3.05, 3.63) is 45.7 Å². The fraction of sp³-hybridized carbons (Fsp3) is 0.400. The molecule has 20 heavy (non-hydrogen) atoms. The van der Waals surface area contributed by atoms with Gasteiger partial charge in [-0.15, -0.1) is 0 Å². The van der Waals surface area contributed by atoms with Crippen molar-refractivity contribution in [3.63, 3.8) is 0 Å². The van der Waals surface area contributed by atoms with Crippen molar-refractivity contribution >= 4 is 15.9 Å². The summed E-state index contributed by atoms with van der Waals surface area (Å²) in [6.07, 6.45) is 0.918. The fourth-order valence-corrected chi connectivity index (χ4v) is 2.34. The number of nitrogens with zero attached hydrogens (tertiary/aromatic N) is 2. The Labute approximate surface area is 128 Å². The maximum Gasteiger partial charge on any atom is 0.119 e. The first-order valence-corrected chi connectivity index (χ1v) is 7.52. The Bertz CT molecular complexity index is 580. The second kappa shape index (κ2) is 6.90. The zero-order valence-corrected chi connectivity index (χ0v) is 13.5. The minimum atomic E-state index is 0.539. The molecule has 1 aromatic carbocycles. The monoisotopic (exact) mass is 337 g/mol. The summed E-state index contributed by atoms with van der Waals surface area (Å²) in [5, 5.41) is 4.48. The number of hydrogen-bond donors (Lipinski definition) is 1. The van der Waals surface area contributed by atoms with Gasteiger partial charge < -0.3 is 10.5 Å². The third-order valence-corrected chi connectivity index (χ3v) is 4.36. The maximum absolute atomic E-state index is 5.74. The number of nitrogens with two attached hydrogens (primary N) is 1. The lowest BCUT2D eigenvalue weighted by Crippen LogP contribution is -2.07. The highest BCUT2D eigenvalue weighted by Gasteiger charge is 2.07. The first-order chi connectivity index (χ1) is 9.61. The van der Waals surface area contributed by atoms with E-state index in [1.165, 1.54) is 0 Å². The van der Waals surface area contributed by atoms with Gasteiger partial charge in [0.2, 0.25) is 0 Å². The van der Waals surface area contributed by atoms with Crippen molar-refractivity contribution in [3.8, 4) is 5.75 Å².